The van der Waals surface area contributed by atoms with E-state index in [-0.39, 0.29) is 34.1 Å². The van der Waals surface area contributed by atoms with E-state index < -0.39 is 53.2 Å². The highest BCUT2D eigenvalue weighted by Crippen LogP contribution is 2.48. The smallest absolute Gasteiger partial charge is 0.406 e. The van der Waals surface area contributed by atoms with Crippen LogP contribution in [0.15, 0.2) is 109 Å². The third-order valence-corrected chi connectivity index (χ3v) is 11.5. The minimum Gasteiger partial charge on any atom is -0.406 e. The second-order valence-corrected chi connectivity index (χ2v) is 16.3. The van der Waals surface area contributed by atoms with Crippen molar-refractivity contribution in [1.29, 1.82) is 5.26 Å². The Balaban J connectivity index is 0.000000133. The second-order valence-electron chi connectivity index (χ2n) is 16.3. The van der Waals surface area contributed by atoms with E-state index in [4.69, 9.17) is 0 Å². The predicted molar refractivity (Wildman–Crippen MR) is 224 cm³/mol. The number of nitrogens with zero attached hydrogens (tertiary/aromatic N) is 13. The molecule has 0 aliphatic heterocycles. The highest BCUT2D eigenvalue weighted by molar-refractivity contribution is 5.63. The van der Waals surface area contributed by atoms with Gasteiger partial charge in [0.15, 0.2) is 28.4 Å². The molecule has 0 unspecified atom stereocenters. The molecule has 2 saturated carbocycles. The van der Waals surface area contributed by atoms with Gasteiger partial charge in [0.1, 0.15) is 5.75 Å². The van der Waals surface area contributed by atoms with Crippen molar-refractivity contribution in [3.05, 3.63) is 138 Å². The van der Waals surface area contributed by atoms with Crippen LogP contribution in [0.5, 0.6) is 5.75 Å². The van der Waals surface area contributed by atoms with Crippen molar-refractivity contribution < 1.29 is 61.8 Å². The molecule has 0 N–H and O–H groups in total. The first-order valence-corrected chi connectivity index (χ1v) is 21.0. The molecular weight excluding hydrogens is 986 g/mol. The van der Waals surface area contributed by atoms with Gasteiger partial charge in [0.2, 0.25) is 5.82 Å². The number of rotatable bonds is 6. The number of fused-ring (bicyclic) bond motifs is 3. The zero-order valence-electron chi connectivity index (χ0n) is 36.1. The minimum absolute atomic E-state index is 0.0330. The molecule has 0 atom stereocenters. The summed E-state index contributed by atoms with van der Waals surface area (Å²) in [6.45, 7) is 0. The SMILES string of the molecule is FC(F)(F)Oc1ccc(-c2ccc3nnc(C4(F)CC4)n3n2)cc1.FC(F)(F)c1ccc(-c2cn3c(C(F)(F)F)nnc3cn2)cc1.N#CC1(c2ccc(-c3ccc4nnc(C(F)(F)F)n4n3)cc2)CCC1. The Morgan fingerprint density at radius 3 is 1.57 bits per heavy atom. The number of nitriles is 1. The Hall–Kier alpha value is -8.31. The molecule has 3 aromatic carbocycles. The van der Waals surface area contributed by atoms with Gasteiger partial charge in [0, 0.05) is 22.9 Å². The fourth-order valence-corrected chi connectivity index (χ4v) is 7.43. The molecule has 2 aliphatic carbocycles. The van der Waals surface area contributed by atoms with Crippen LogP contribution in [0, 0.1) is 11.3 Å². The van der Waals surface area contributed by atoms with E-state index in [1.807, 2.05) is 12.1 Å². The lowest BCUT2D eigenvalue weighted by Crippen LogP contribution is -2.32. The fraction of sp³-hybridized carbons (Fsp3) is 0.244. The number of hydrogen-bond donors (Lipinski definition) is 0. The van der Waals surface area contributed by atoms with Crippen LogP contribution in [0.4, 0.5) is 57.1 Å². The number of hydrogen-bond acceptors (Lipinski definition) is 11. The van der Waals surface area contributed by atoms with E-state index >= 15 is 0 Å². The van der Waals surface area contributed by atoms with Crippen molar-refractivity contribution in [2.75, 3.05) is 0 Å². The minimum atomic E-state index is -4.74. The number of ether oxygens (including phenoxy) is 1. The van der Waals surface area contributed by atoms with Crippen molar-refractivity contribution >= 4 is 16.9 Å². The molecule has 9 aromatic rings. The maximum Gasteiger partial charge on any atom is 0.573 e. The Labute approximate surface area is 394 Å². The first kappa shape index (κ1) is 48.7. The lowest BCUT2D eigenvalue weighted by molar-refractivity contribution is -0.274. The van der Waals surface area contributed by atoms with Crippen LogP contribution < -0.4 is 4.74 Å². The summed E-state index contributed by atoms with van der Waals surface area (Å²) in [6.07, 6.45) is -13.0. The summed E-state index contributed by atoms with van der Waals surface area (Å²) >= 11 is 0. The number of aromatic nitrogens is 12. The summed E-state index contributed by atoms with van der Waals surface area (Å²) in [6, 6.07) is 25.2. The number of benzene rings is 3. The molecule has 27 heteroatoms. The Morgan fingerprint density at radius 2 is 1.04 bits per heavy atom. The van der Waals surface area contributed by atoms with Gasteiger partial charge in [-0.1, -0.05) is 36.4 Å². The third-order valence-electron chi connectivity index (χ3n) is 11.5. The van der Waals surface area contributed by atoms with Crippen LogP contribution >= 0.6 is 0 Å². The van der Waals surface area contributed by atoms with Gasteiger partial charge in [-0.05, 0) is 98.3 Å². The highest BCUT2D eigenvalue weighted by atomic mass is 19.4. The summed E-state index contributed by atoms with van der Waals surface area (Å²) in [5.41, 5.74) is 0.869. The van der Waals surface area contributed by atoms with Gasteiger partial charge in [0.05, 0.1) is 40.3 Å². The summed E-state index contributed by atoms with van der Waals surface area (Å²) in [5, 5.41) is 38.5. The van der Waals surface area contributed by atoms with E-state index in [1.165, 1.54) is 34.8 Å². The summed E-state index contributed by atoms with van der Waals surface area (Å²) in [5.74, 6) is -2.56. The fourth-order valence-electron chi connectivity index (χ4n) is 7.43. The average Bonchev–Trinajstić information content (AvgIpc) is 3.64. The maximum atomic E-state index is 14.3. The van der Waals surface area contributed by atoms with Gasteiger partial charge in [0.25, 0.3) is 5.82 Å². The number of alkyl halides is 13. The van der Waals surface area contributed by atoms with E-state index in [0.29, 0.717) is 49.9 Å². The van der Waals surface area contributed by atoms with E-state index in [2.05, 4.69) is 56.6 Å². The van der Waals surface area contributed by atoms with Gasteiger partial charge in [-0.15, -0.1) is 43.8 Å². The van der Waals surface area contributed by atoms with Gasteiger partial charge in [-0.25, -0.2) is 4.39 Å². The lowest BCUT2D eigenvalue weighted by atomic mass is 9.65. The van der Waals surface area contributed by atoms with Gasteiger partial charge >= 0.3 is 24.9 Å². The van der Waals surface area contributed by atoms with E-state index in [1.54, 1.807) is 30.3 Å². The zero-order chi connectivity index (χ0) is 51.4. The summed E-state index contributed by atoms with van der Waals surface area (Å²) < 4.78 is 172. The standard InChI is InChI=1S/C17H12F3N5.C15H10F4N4O.C13H6F6N4/c18-17(19,20)15-23-22-14-7-6-13(24-25(14)15)11-2-4-12(5-3-11)16(10-21)8-1-9-16;16-14(7-8-14)13-21-20-12-6-5-11(22-23(12)13)9-1-3-10(4-2-9)24-15(17,18)19;14-12(15,16)8-3-1-7(2-4-8)9-6-23-10(5-20-9)21-22-11(23)13(17,18)19/h2-7H,1,8-9H2;1-6H,7-8H2;1-6H. The van der Waals surface area contributed by atoms with Crippen molar-refractivity contribution in [3.8, 4) is 45.6 Å². The molecule has 0 radical (unpaired) electrons. The van der Waals surface area contributed by atoms with Gasteiger partial charge in [-0.2, -0.15) is 64.0 Å². The van der Waals surface area contributed by atoms with Crippen molar-refractivity contribution in [2.24, 2.45) is 0 Å². The number of halogens is 13. The molecule has 0 saturated heterocycles. The van der Waals surface area contributed by atoms with Crippen LogP contribution in [0.25, 0.3) is 50.7 Å². The zero-order valence-corrected chi connectivity index (χ0v) is 36.1. The molecule has 11 rings (SSSR count). The van der Waals surface area contributed by atoms with Crippen LogP contribution in [-0.4, -0.2) is 65.6 Å². The first-order valence-electron chi connectivity index (χ1n) is 21.0. The highest BCUT2D eigenvalue weighted by Gasteiger charge is 2.50. The van der Waals surface area contributed by atoms with E-state index in [9.17, 15) is 62.3 Å². The Morgan fingerprint density at radius 1 is 0.528 bits per heavy atom. The van der Waals surface area contributed by atoms with Crippen molar-refractivity contribution in [3.63, 3.8) is 0 Å². The molecule has 2 fully saturated rings. The molecule has 0 amide bonds. The largest absolute Gasteiger partial charge is 0.573 e. The third kappa shape index (κ3) is 10.0. The molecule has 6 heterocycles. The predicted octanol–water partition coefficient (Wildman–Crippen LogP) is 11.2. The average molecular weight is 1010 g/mol. The van der Waals surface area contributed by atoms with E-state index in [0.717, 1.165) is 61.5 Å². The quantitative estimate of drug-likeness (QED) is 0.146. The molecule has 14 nitrogen and oxygen atoms in total. The summed E-state index contributed by atoms with van der Waals surface area (Å²) in [4.78, 5) is 3.89. The Bertz CT molecular complexity index is 3460. The monoisotopic (exact) mass is 1010 g/mol. The van der Waals surface area contributed by atoms with Crippen LogP contribution in [0.1, 0.15) is 60.7 Å². The van der Waals surface area contributed by atoms with Crippen LogP contribution in [0.3, 0.4) is 0 Å². The summed E-state index contributed by atoms with van der Waals surface area (Å²) in [7, 11) is 0. The molecule has 2 aliphatic rings. The first-order chi connectivity index (χ1) is 33.9. The van der Waals surface area contributed by atoms with Crippen LogP contribution in [-0.2, 0) is 29.6 Å². The lowest BCUT2D eigenvalue weighted by Gasteiger charge is -2.35. The Kier molecular flexibility index (Phi) is 12.1. The topological polar surface area (TPSA) is 162 Å². The molecular formula is C45H28F13N13O. The normalized spacial score (nSPS) is 15.2. The van der Waals surface area contributed by atoms with Crippen molar-refractivity contribution in [1.82, 2.24) is 59.2 Å². The molecule has 0 bridgehead atoms. The maximum absolute atomic E-state index is 14.3. The molecule has 72 heavy (non-hydrogen) atoms. The van der Waals surface area contributed by atoms with Crippen LogP contribution in [0.2, 0.25) is 0 Å². The molecule has 370 valence electrons. The molecule has 6 aromatic heterocycles. The molecule has 0 spiro atoms. The van der Waals surface area contributed by atoms with Gasteiger partial charge in [-0.3, -0.25) is 9.38 Å². The van der Waals surface area contributed by atoms with Crippen molar-refractivity contribution in [2.45, 2.75) is 68.1 Å². The second kappa shape index (κ2) is 17.8. The van der Waals surface area contributed by atoms with Gasteiger partial charge < -0.3 is 4.74 Å².